The lowest BCUT2D eigenvalue weighted by Crippen LogP contribution is -2.24. The molecule has 9 heteroatoms. The van der Waals surface area contributed by atoms with Crippen molar-refractivity contribution in [1.82, 2.24) is 9.71 Å². The van der Waals surface area contributed by atoms with Gasteiger partial charge in [0.1, 0.15) is 0 Å². The molecule has 0 aromatic carbocycles. The maximum Gasteiger partial charge on any atom is 0.223 e. The van der Waals surface area contributed by atoms with E-state index in [2.05, 4.69) is 15.0 Å². The third-order valence-electron chi connectivity index (χ3n) is 2.59. The van der Waals surface area contributed by atoms with Crippen LogP contribution < -0.4 is 10.0 Å². The lowest BCUT2D eigenvalue weighted by Gasteiger charge is -2.06. The first-order valence-corrected chi connectivity index (χ1v) is 8.98. The molecule has 2 aromatic heterocycles. The second-order valence-corrected chi connectivity index (χ2v) is 7.79. The molecule has 6 nitrogen and oxygen atoms in total. The molecule has 0 aliphatic heterocycles. The Labute approximate surface area is 140 Å². The van der Waals surface area contributed by atoms with E-state index in [1.54, 1.807) is 11.3 Å². The van der Waals surface area contributed by atoms with Gasteiger partial charge in [-0.1, -0.05) is 11.3 Å². The Bertz CT molecular complexity index is 642. The van der Waals surface area contributed by atoms with Crippen molar-refractivity contribution >= 4 is 45.7 Å². The van der Waals surface area contributed by atoms with Gasteiger partial charge in [-0.25, -0.2) is 4.98 Å². The molecule has 0 spiro atoms. The predicted molar refractivity (Wildman–Crippen MR) is 91.4 cm³/mol. The molecule has 0 fully saturated rings. The Morgan fingerprint density at radius 3 is 2.91 bits per heavy atom. The Hall–Kier alpha value is -0.970. The second-order valence-electron chi connectivity index (χ2n) is 4.52. The van der Waals surface area contributed by atoms with Gasteiger partial charge in [0.05, 0.1) is 27.5 Å². The molecule has 2 aromatic rings. The van der Waals surface area contributed by atoms with Gasteiger partial charge >= 0.3 is 0 Å². The fourth-order valence-corrected chi connectivity index (χ4v) is 4.68. The molecule has 120 valence electrons. The number of aliphatic hydroxyl groups excluding tert-OH is 2. The third-order valence-corrected chi connectivity index (χ3v) is 5.87. The minimum Gasteiger partial charge on any atom is -0.394 e. The molecule has 0 saturated carbocycles. The van der Waals surface area contributed by atoms with E-state index in [-0.39, 0.29) is 12.5 Å². The number of hydrogen-bond acceptors (Lipinski definition) is 8. The van der Waals surface area contributed by atoms with Crippen molar-refractivity contribution < 1.29 is 15.0 Å². The average Bonchev–Trinajstić information content (AvgIpc) is 3.04. The smallest absolute Gasteiger partial charge is 0.223 e. The van der Waals surface area contributed by atoms with E-state index in [0.717, 1.165) is 19.7 Å². The molecule has 1 unspecified atom stereocenters. The van der Waals surface area contributed by atoms with Gasteiger partial charge in [0.25, 0.3) is 0 Å². The van der Waals surface area contributed by atoms with Crippen LogP contribution in [-0.2, 0) is 4.79 Å². The molecule has 2 heterocycles. The summed E-state index contributed by atoms with van der Waals surface area (Å²) in [6.45, 7) is 3.44. The Kier molecular flexibility index (Phi) is 6.36. The first-order valence-electron chi connectivity index (χ1n) is 6.53. The van der Waals surface area contributed by atoms with Gasteiger partial charge in [-0.05, 0) is 31.0 Å². The number of aliphatic hydroxyl groups is 2. The largest absolute Gasteiger partial charge is 0.394 e. The number of amides is 1. The Morgan fingerprint density at radius 2 is 2.23 bits per heavy atom. The summed E-state index contributed by atoms with van der Waals surface area (Å²) in [5.74, 6) is -0.130. The van der Waals surface area contributed by atoms with Crippen LogP contribution in [0.15, 0.2) is 16.3 Å². The highest BCUT2D eigenvalue weighted by molar-refractivity contribution is 7.99. The third kappa shape index (κ3) is 4.77. The van der Waals surface area contributed by atoms with Crippen LogP contribution in [-0.4, -0.2) is 40.4 Å². The zero-order chi connectivity index (χ0) is 16.1. The van der Waals surface area contributed by atoms with E-state index < -0.39 is 6.10 Å². The van der Waals surface area contributed by atoms with Crippen LogP contribution in [0.1, 0.15) is 12.6 Å². The van der Waals surface area contributed by atoms with Gasteiger partial charge in [0.15, 0.2) is 5.13 Å². The molecule has 1 atom stereocenters. The summed E-state index contributed by atoms with van der Waals surface area (Å²) < 4.78 is 4.06. The number of hydrogen-bond donors (Lipinski definition) is 4. The highest BCUT2D eigenvalue weighted by atomic mass is 32.2. The quantitative estimate of drug-likeness (QED) is 0.566. The molecule has 0 bridgehead atoms. The molecule has 1 amide bonds. The maximum atomic E-state index is 11.1. The highest BCUT2D eigenvalue weighted by Gasteiger charge is 2.13. The van der Waals surface area contributed by atoms with E-state index in [0.29, 0.717) is 11.7 Å². The zero-order valence-corrected chi connectivity index (χ0v) is 14.6. The first-order chi connectivity index (χ1) is 10.5. The topological polar surface area (TPSA) is 94.5 Å². The molecule has 0 radical (unpaired) electrons. The van der Waals surface area contributed by atoms with Crippen LogP contribution in [0.25, 0.3) is 9.75 Å². The van der Waals surface area contributed by atoms with Crippen LogP contribution in [0.4, 0.5) is 5.13 Å². The van der Waals surface area contributed by atoms with Crippen molar-refractivity contribution in [3.8, 4) is 9.75 Å². The van der Waals surface area contributed by atoms with Crippen molar-refractivity contribution in [1.29, 1.82) is 0 Å². The lowest BCUT2D eigenvalue weighted by molar-refractivity contribution is -0.114. The number of thiazole rings is 1. The van der Waals surface area contributed by atoms with Crippen molar-refractivity contribution in [3.63, 3.8) is 0 Å². The van der Waals surface area contributed by atoms with Crippen LogP contribution in [0, 0.1) is 6.92 Å². The van der Waals surface area contributed by atoms with E-state index >= 15 is 0 Å². The fourth-order valence-electron chi connectivity index (χ4n) is 1.60. The number of aryl methyl sites for hydroxylation is 1. The van der Waals surface area contributed by atoms with Gasteiger partial charge in [-0.3, -0.25) is 9.52 Å². The normalized spacial score (nSPS) is 12.4. The van der Waals surface area contributed by atoms with E-state index in [9.17, 15) is 9.90 Å². The van der Waals surface area contributed by atoms with Gasteiger partial charge in [-0.2, -0.15) is 0 Å². The highest BCUT2D eigenvalue weighted by Crippen LogP contribution is 2.39. The van der Waals surface area contributed by atoms with Crippen LogP contribution in [0.2, 0.25) is 0 Å². The summed E-state index contributed by atoms with van der Waals surface area (Å²) in [5.41, 5.74) is 0.885. The van der Waals surface area contributed by atoms with Crippen LogP contribution >= 0.6 is 34.6 Å². The van der Waals surface area contributed by atoms with Crippen molar-refractivity contribution in [2.45, 2.75) is 24.2 Å². The Morgan fingerprint density at radius 1 is 1.45 bits per heavy atom. The molecule has 22 heavy (non-hydrogen) atoms. The lowest BCUT2D eigenvalue weighted by atomic mass is 10.3. The van der Waals surface area contributed by atoms with E-state index in [1.165, 1.54) is 30.2 Å². The summed E-state index contributed by atoms with van der Waals surface area (Å²) in [6, 6.07) is 4.00. The summed E-state index contributed by atoms with van der Waals surface area (Å²) in [6.07, 6.45) is -0.754. The second kappa shape index (κ2) is 8.04. The van der Waals surface area contributed by atoms with E-state index in [1.807, 2.05) is 19.1 Å². The molecule has 0 aliphatic carbocycles. The zero-order valence-electron chi connectivity index (χ0n) is 12.1. The number of aromatic nitrogens is 1. The molecule has 2 rings (SSSR count). The summed E-state index contributed by atoms with van der Waals surface area (Å²) in [7, 11) is 0. The van der Waals surface area contributed by atoms with Gasteiger partial charge in [0, 0.05) is 18.3 Å². The predicted octanol–water partition coefficient (Wildman–Crippen LogP) is 2.09. The summed E-state index contributed by atoms with van der Waals surface area (Å²) >= 11 is 4.47. The molecule has 0 saturated heterocycles. The molecule has 0 aliphatic rings. The van der Waals surface area contributed by atoms with E-state index in [4.69, 9.17) is 5.11 Å². The maximum absolute atomic E-state index is 11.1. The fraction of sp³-hybridized carbons (Fsp3) is 0.385. The SMILES string of the molecule is CC(=O)Nc1nc(C)c(-c2ccc(SNCC(O)CO)s2)s1. The van der Waals surface area contributed by atoms with Crippen molar-refractivity contribution in [2.24, 2.45) is 0 Å². The van der Waals surface area contributed by atoms with Crippen molar-refractivity contribution in [3.05, 3.63) is 17.8 Å². The van der Waals surface area contributed by atoms with Crippen LogP contribution in [0.3, 0.4) is 0 Å². The number of carbonyl (C=O) groups excluding carboxylic acids is 1. The molecular weight excluding hydrogens is 342 g/mol. The van der Waals surface area contributed by atoms with Gasteiger partial charge in [0.2, 0.25) is 5.91 Å². The summed E-state index contributed by atoms with van der Waals surface area (Å²) in [5, 5.41) is 21.3. The number of carbonyl (C=O) groups is 1. The van der Waals surface area contributed by atoms with Gasteiger partial charge < -0.3 is 15.5 Å². The first kappa shape index (κ1) is 17.4. The minimum atomic E-state index is -0.754. The number of nitrogens with one attached hydrogen (secondary N) is 2. The Balaban J connectivity index is 2.01. The monoisotopic (exact) mass is 359 g/mol. The standard InChI is InChI=1S/C13H17N3O3S3/c1-7-12(21-13(15-7)16-8(2)18)10-3-4-11(20-10)22-14-5-9(19)6-17/h3-4,9,14,17,19H,5-6H2,1-2H3,(H,15,16,18). The molecular formula is C13H17N3O3S3. The number of rotatable bonds is 7. The average molecular weight is 359 g/mol. The van der Waals surface area contributed by atoms with Crippen LogP contribution in [0.5, 0.6) is 0 Å². The number of thiophene rings is 1. The van der Waals surface area contributed by atoms with Crippen molar-refractivity contribution in [2.75, 3.05) is 18.5 Å². The van der Waals surface area contributed by atoms with Gasteiger partial charge in [-0.15, -0.1) is 11.3 Å². The number of anilines is 1. The minimum absolute atomic E-state index is 0.130. The number of nitrogens with zero attached hydrogens (tertiary/aromatic N) is 1. The summed E-state index contributed by atoms with van der Waals surface area (Å²) in [4.78, 5) is 17.5. The molecule has 4 N–H and O–H groups in total.